The van der Waals surface area contributed by atoms with Gasteiger partial charge in [0, 0.05) is 5.92 Å². The van der Waals surface area contributed by atoms with Gasteiger partial charge in [0.05, 0.1) is 6.07 Å². The van der Waals surface area contributed by atoms with Gasteiger partial charge in [-0.1, -0.05) is 33.1 Å². The fraction of sp³-hybridized carbons (Fsp3) is 0.923. The molecule has 3 atom stereocenters. The van der Waals surface area contributed by atoms with Gasteiger partial charge in [-0.05, 0) is 37.5 Å². The van der Waals surface area contributed by atoms with Crippen molar-refractivity contribution in [1.82, 2.24) is 0 Å². The van der Waals surface area contributed by atoms with Crippen molar-refractivity contribution in [3.8, 4) is 6.07 Å². The molecule has 0 saturated heterocycles. The molecule has 0 aromatic heterocycles. The molecule has 1 aliphatic carbocycles. The van der Waals surface area contributed by atoms with E-state index >= 15 is 0 Å². The number of hydrogen-bond donors (Lipinski definition) is 0. The minimum absolute atomic E-state index is 0.341. The zero-order valence-electron chi connectivity index (χ0n) is 9.63. The summed E-state index contributed by atoms with van der Waals surface area (Å²) in [7, 11) is 0. The van der Waals surface area contributed by atoms with Crippen LogP contribution in [0.2, 0.25) is 0 Å². The second-order valence-electron chi connectivity index (χ2n) is 4.95. The Kier molecular flexibility index (Phi) is 5.01. The highest BCUT2D eigenvalue weighted by Crippen LogP contribution is 2.29. The lowest BCUT2D eigenvalue weighted by Crippen LogP contribution is -2.04. The predicted octanol–water partition coefficient (Wildman–Crippen LogP) is 4.14. The summed E-state index contributed by atoms with van der Waals surface area (Å²) in [6, 6.07) is 2.45. The molecule has 0 amide bonds. The molecule has 0 aliphatic heterocycles. The summed E-state index contributed by atoms with van der Waals surface area (Å²) < 4.78 is 0. The summed E-state index contributed by atoms with van der Waals surface area (Å²) in [4.78, 5) is 0. The van der Waals surface area contributed by atoms with Crippen molar-refractivity contribution < 1.29 is 0 Å². The molecule has 0 aromatic rings. The van der Waals surface area contributed by atoms with Gasteiger partial charge in [-0.3, -0.25) is 0 Å². The number of nitriles is 1. The zero-order chi connectivity index (χ0) is 10.4. The average Bonchev–Trinajstić information content (AvgIpc) is 2.28. The highest BCUT2D eigenvalue weighted by atomic mass is 14.3. The third-order valence-electron chi connectivity index (χ3n) is 3.67. The van der Waals surface area contributed by atoms with E-state index in [4.69, 9.17) is 5.26 Å². The highest BCUT2D eigenvalue weighted by Gasteiger charge is 2.17. The normalized spacial score (nSPS) is 35.1. The fourth-order valence-electron chi connectivity index (χ4n) is 2.59. The Bertz CT molecular complexity index is 192. The first-order valence-electron chi connectivity index (χ1n) is 6.15. The second kappa shape index (κ2) is 6.06. The molecule has 1 rings (SSSR count). The van der Waals surface area contributed by atoms with E-state index in [1.165, 1.54) is 32.1 Å². The van der Waals surface area contributed by atoms with E-state index in [0.717, 1.165) is 24.7 Å². The van der Waals surface area contributed by atoms with Gasteiger partial charge >= 0.3 is 0 Å². The van der Waals surface area contributed by atoms with Gasteiger partial charge in [-0.25, -0.2) is 0 Å². The molecule has 1 nitrogen and oxygen atoms in total. The first-order valence-corrected chi connectivity index (χ1v) is 6.15. The lowest BCUT2D eigenvalue weighted by Gasteiger charge is -2.17. The Morgan fingerprint density at radius 1 is 1.21 bits per heavy atom. The first kappa shape index (κ1) is 11.6. The largest absolute Gasteiger partial charge is 0.198 e. The van der Waals surface area contributed by atoms with Crippen LogP contribution in [0.25, 0.3) is 0 Å². The molecule has 0 bridgehead atoms. The minimum Gasteiger partial charge on any atom is -0.198 e. The maximum absolute atomic E-state index is 8.96. The molecule has 1 saturated carbocycles. The van der Waals surface area contributed by atoms with Gasteiger partial charge in [-0.2, -0.15) is 5.26 Å². The van der Waals surface area contributed by atoms with Crippen molar-refractivity contribution in [2.75, 3.05) is 0 Å². The Morgan fingerprint density at radius 3 is 2.64 bits per heavy atom. The van der Waals surface area contributed by atoms with Crippen molar-refractivity contribution in [2.45, 2.75) is 58.8 Å². The number of hydrogen-bond acceptors (Lipinski definition) is 1. The van der Waals surface area contributed by atoms with Crippen molar-refractivity contribution in [3.63, 3.8) is 0 Å². The molecular weight excluding hydrogens is 170 g/mol. The van der Waals surface area contributed by atoms with E-state index in [1.54, 1.807) is 0 Å². The summed E-state index contributed by atoms with van der Waals surface area (Å²) in [6.45, 7) is 4.65. The Hall–Kier alpha value is -0.510. The van der Waals surface area contributed by atoms with Crippen molar-refractivity contribution in [1.29, 1.82) is 5.26 Å². The van der Waals surface area contributed by atoms with Crippen LogP contribution in [0, 0.1) is 29.1 Å². The maximum Gasteiger partial charge on any atom is 0.0655 e. The van der Waals surface area contributed by atoms with Crippen LogP contribution in [-0.4, -0.2) is 0 Å². The summed E-state index contributed by atoms with van der Waals surface area (Å²) in [6.07, 6.45) is 8.85. The molecule has 0 heterocycles. The zero-order valence-corrected chi connectivity index (χ0v) is 9.63. The van der Waals surface area contributed by atoms with Gasteiger partial charge in [0.2, 0.25) is 0 Å². The van der Waals surface area contributed by atoms with Crippen LogP contribution in [0.5, 0.6) is 0 Å². The van der Waals surface area contributed by atoms with Gasteiger partial charge in [0.1, 0.15) is 0 Å². The third-order valence-corrected chi connectivity index (χ3v) is 3.67. The standard InChI is InChI=1S/C13H23N/c1-3-12-5-4-6-13(10-14)8-7-11(2)9-12/h11-13H,3-9H2,1-2H3. The number of rotatable bonds is 1. The quantitative estimate of drug-likeness (QED) is 0.614. The lowest BCUT2D eigenvalue weighted by atomic mass is 9.89. The molecule has 0 radical (unpaired) electrons. The van der Waals surface area contributed by atoms with Gasteiger partial charge in [0.25, 0.3) is 0 Å². The minimum atomic E-state index is 0.341. The molecule has 1 fully saturated rings. The fourth-order valence-corrected chi connectivity index (χ4v) is 2.59. The van der Waals surface area contributed by atoms with E-state index in [0.29, 0.717) is 5.92 Å². The molecule has 0 aromatic carbocycles. The summed E-state index contributed by atoms with van der Waals surface area (Å²) in [5.74, 6) is 2.09. The molecule has 0 N–H and O–H groups in total. The first-order chi connectivity index (χ1) is 6.76. The lowest BCUT2D eigenvalue weighted by molar-refractivity contribution is 0.350. The predicted molar refractivity (Wildman–Crippen MR) is 59.8 cm³/mol. The second-order valence-corrected chi connectivity index (χ2v) is 4.95. The average molecular weight is 193 g/mol. The van der Waals surface area contributed by atoms with Gasteiger partial charge in [-0.15, -0.1) is 0 Å². The van der Waals surface area contributed by atoms with E-state index in [-0.39, 0.29) is 0 Å². The Balaban J connectivity index is 2.46. The summed E-state index contributed by atoms with van der Waals surface area (Å²) in [5, 5.41) is 8.96. The summed E-state index contributed by atoms with van der Waals surface area (Å²) >= 11 is 0. The molecule has 1 heteroatoms. The van der Waals surface area contributed by atoms with Crippen LogP contribution in [0.15, 0.2) is 0 Å². The topological polar surface area (TPSA) is 23.8 Å². The molecular formula is C13H23N. The van der Waals surface area contributed by atoms with Crippen LogP contribution >= 0.6 is 0 Å². The van der Waals surface area contributed by atoms with Crippen LogP contribution in [-0.2, 0) is 0 Å². The van der Waals surface area contributed by atoms with Crippen molar-refractivity contribution in [2.24, 2.45) is 17.8 Å². The molecule has 80 valence electrons. The monoisotopic (exact) mass is 193 g/mol. The molecule has 14 heavy (non-hydrogen) atoms. The van der Waals surface area contributed by atoms with Crippen LogP contribution in [0.4, 0.5) is 0 Å². The van der Waals surface area contributed by atoms with Crippen LogP contribution in [0.3, 0.4) is 0 Å². The Labute approximate surface area is 88.5 Å². The smallest absolute Gasteiger partial charge is 0.0655 e. The van der Waals surface area contributed by atoms with E-state index < -0.39 is 0 Å². The number of nitrogens with zero attached hydrogens (tertiary/aromatic N) is 1. The van der Waals surface area contributed by atoms with E-state index in [9.17, 15) is 0 Å². The highest BCUT2D eigenvalue weighted by molar-refractivity contribution is 4.84. The van der Waals surface area contributed by atoms with Crippen LogP contribution < -0.4 is 0 Å². The Morgan fingerprint density at radius 2 is 2.00 bits per heavy atom. The SMILES string of the molecule is CCC1CCCC(C#N)CCC(C)C1. The molecule has 3 unspecified atom stereocenters. The van der Waals surface area contributed by atoms with Crippen molar-refractivity contribution >= 4 is 0 Å². The maximum atomic E-state index is 8.96. The third kappa shape index (κ3) is 3.70. The van der Waals surface area contributed by atoms with Crippen LogP contribution in [0.1, 0.15) is 58.8 Å². The van der Waals surface area contributed by atoms with E-state index in [2.05, 4.69) is 19.9 Å². The van der Waals surface area contributed by atoms with Gasteiger partial charge in [0.15, 0.2) is 0 Å². The van der Waals surface area contributed by atoms with Crippen molar-refractivity contribution in [3.05, 3.63) is 0 Å². The molecule has 1 aliphatic rings. The van der Waals surface area contributed by atoms with Gasteiger partial charge < -0.3 is 0 Å². The van der Waals surface area contributed by atoms with E-state index in [1.807, 2.05) is 0 Å². The molecule has 0 spiro atoms. The summed E-state index contributed by atoms with van der Waals surface area (Å²) in [5.41, 5.74) is 0.